The molecule has 9 nitrogen and oxygen atoms in total. The molecule has 0 unspecified atom stereocenters. The average Bonchev–Trinajstić information content (AvgIpc) is 2.70. The zero-order valence-corrected chi connectivity index (χ0v) is 16.3. The van der Waals surface area contributed by atoms with E-state index in [2.05, 4.69) is 20.2 Å². The number of rotatable bonds is 7. The van der Waals surface area contributed by atoms with Crippen molar-refractivity contribution in [2.75, 3.05) is 60.2 Å². The van der Waals surface area contributed by atoms with Crippen LogP contribution in [-0.4, -0.2) is 87.0 Å². The Labute approximate surface area is 160 Å². The summed E-state index contributed by atoms with van der Waals surface area (Å²) in [5, 5.41) is 3.35. The van der Waals surface area contributed by atoms with Crippen molar-refractivity contribution in [1.82, 2.24) is 20.1 Å². The molecule has 150 valence electrons. The molecule has 0 spiro atoms. The molecule has 0 aromatic carbocycles. The molecule has 2 rings (SSSR count). The van der Waals surface area contributed by atoms with Crippen LogP contribution in [0.5, 0.6) is 5.88 Å². The van der Waals surface area contributed by atoms with Gasteiger partial charge in [0.15, 0.2) is 5.96 Å². The van der Waals surface area contributed by atoms with Crippen molar-refractivity contribution < 1.29 is 19.0 Å². The zero-order valence-electron chi connectivity index (χ0n) is 16.3. The SMILES string of the molecule is CCOC(=O)N1CCN(C(=NC)NCc2cccnc2OCCOC)CC1. The second-order valence-electron chi connectivity index (χ2n) is 5.88. The van der Waals surface area contributed by atoms with E-state index in [9.17, 15) is 4.79 Å². The smallest absolute Gasteiger partial charge is 0.409 e. The summed E-state index contributed by atoms with van der Waals surface area (Å²) in [6, 6.07) is 3.84. The zero-order chi connectivity index (χ0) is 19.5. The highest BCUT2D eigenvalue weighted by Gasteiger charge is 2.23. The fraction of sp³-hybridized carbons (Fsp3) is 0.611. The summed E-state index contributed by atoms with van der Waals surface area (Å²) in [6.07, 6.45) is 1.45. The van der Waals surface area contributed by atoms with E-state index in [0.717, 1.165) is 11.5 Å². The first kappa shape index (κ1) is 20.8. The van der Waals surface area contributed by atoms with Crippen LogP contribution in [0.3, 0.4) is 0 Å². The number of nitrogens with one attached hydrogen (secondary N) is 1. The standard InChI is InChI=1S/C18H29N5O4/c1-4-26-18(24)23-10-8-22(9-11-23)17(19-2)21-14-15-6-5-7-20-16(15)27-13-12-25-3/h5-7H,4,8-14H2,1-3H3,(H,19,21). The largest absolute Gasteiger partial charge is 0.475 e. The van der Waals surface area contributed by atoms with Crippen molar-refractivity contribution >= 4 is 12.1 Å². The molecular formula is C18H29N5O4. The van der Waals surface area contributed by atoms with Crippen LogP contribution in [0, 0.1) is 0 Å². The fourth-order valence-electron chi connectivity index (χ4n) is 2.73. The molecule has 0 bridgehead atoms. The second-order valence-corrected chi connectivity index (χ2v) is 5.88. The van der Waals surface area contributed by atoms with Gasteiger partial charge in [-0.2, -0.15) is 0 Å². The van der Waals surface area contributed by atoms with Crippen LogP contribution in [0.1, 0.15) is 12.5 Å². The van der Waals surface area contributed by atoms with Crippen LogP contribution in [-0.2, 0) is 16.0 Å². The van der Waals surface area contributed by atoms with Crippen molar-refractivity contribution in [2.24, 2.45) is 4.99 Å². The highest BCUT2D eigenvalue weighted by atomic mass is 16.6. The number of pyridine rings is 1. The lowest BCUT2D eigenvalue weighted by atomic mass is 10.2. The summed E-state index contributed by atoms with van der Waals surface area (Å²) in [5.41, 5.74) is 0.944. The van der Waals surface area contributed by atoms with Gasteiger partial charge in [-0.3, -0.25) is 4.99 Å². The van der Waals surface area contributed by atoms with Gasteiger partial charge in [0.25, 0.3) is 0 Å². The minimum Gasteiger partial charge on any atom is -0.475 e. The first-order valence-corrected chi connectivity index (χ1v) is 9.12. The van der Waals surface area contributed by atoms with Gasteiger partial charge in [0.05, 0.1) is 13.2 Å². The number of ether oxygens (including phenoxy) is 3. The van der Waals surface area contributed by atoms with Crippen molar-refractivity contribution in [3.63, 3.8) is 0 Å². The molecule has 1 aromatic heterocycles. The van der Waals surface area contributed by atoms with Gasteiger partial charge in [0, 0.05) is 58.6 Å². The number of methoxy groups -OCH3 is 1. The molecule has 27 heavy (non-hydrogen) atoms. The van der Waals surface area contributed by atoms with Gasteiger partial charge < -0.3 is 29.3 Å². The number of carbonyl (C=O) groups is 1. The third-order valence-electron chi connectivity index (χ3n) is 4.13. The van der Waals surface area contributed by atoms with E-state index in [1.807, 2.05) is 19.1 Å². The summed E-state index contributed by atoms with van der Waals surface area (Å²) < 4.78 is 15.7. The predicted octanol–water partition coefficient (Wildman–Crippen LogP) is 0.956. The predicted molar refractivity (Wildman–Crippen MR) is 102 cm³/mol. The Hall–Kier alpha value is -2.55. The van der Waals surface area contributed by atoms with Crippen LogP contribution < -0.4 is 10.1 Å². The molecule has 1 amide bonds. The van der Waals surface area contributed by atoms with E-state index in [0.29, 0.717) is 58.4 Å². The summed E-state index contributed by atoms with van der Waals surface area (Å²) in [4.78, 5) is 24.3. The summed E-state index contributed by atoms with van der Waals surface area (Å²) >= 11 is 0. The molecule has 0 aliphatic carbocycles. The third kappa shape index (κ3) is 6.28. The Kier molecular flexibility index (Phi) is 8.63. The maximum atomic E-state index is 11.8. The maximum absolute atomic E-state index is 11.8. The molecular weight excluding hydrogens is 350 g/mol. The maximum Gasteiger partial charge on any atom is 0.409 e. The lowest BCUT2D eigenvalue weighted by Crippen LogP contribution is -2.53. The van der Waals surface area contributed by atoms with Crippen molar-refractivity contribution in [2.45, 2.75) is 13.5 Å². The van der Waals surface area contributed by atoms with Crippen molar-refractivity contribution in [3.8, 4) is 5.88 Å². The van der Waals surface area contributed by atoms with Crippen molar-refractivity contribution in [1.29, 1.82) is 0 Å². The highest BCUT2D eigenvalue weighted by Crippen LogP contribution is 2.14. The Morgan fingerprint density at radius 1 is 1.26 bits per heavy atom. The van der Waals surface area contributed by atoms with E-state index < -0.39 is 0 Å². The van der Waals surface area contributed by atoms with Crippen molar-refractivity contribution in [3.05, 3.63) is 23.9 Å². The second kappa shape index (κ2) is 11.2. The first-order valence-electron chi connectivity index (χ1n) is 9.12. The van der Waals surface area contributed by atoms with Gasteiger partial charge >= 0.3 is 6.09 Å². The van der Waals surface area contributed by atoms with E-state index >= 15 is 0 Å². The molecule has 1 aliphatic heterocycles. The average molecular weight is 379 g/mol. The number of piperazine rings is 1. The normalized spacial score (nSPS) is 14.9. The number of nitrogens with zero attached hydrogens (tertiary/aromatic N) is 4. The van der Waals surface area contributed by atoms with Gasteiger partial charge in [0.1, 0.15) is 6.61 Å². The molecule has 1 aromatic rings. The molecule has 1 saturated heterocycles. The minimum absolute atomic E-state index is 0.256. The number of hydrogen-bond donors (Lipinski definition) is 1. The molecule has 0 radical (unpaired) electrons. The monoisotopic (exact) mass is 379 g/mol. The lowest BCUT2D eigenvalue weighted by molar-refractivity contribution is 0.0914. The van der Waals surface area contributed by atoms with E-state index in [1.54, 1.807) is 25.3 Å². The number of aliphatic imine (C=N–C) groups is 1. The van der Waals surface area contributed by atoms with E-state index in [1.165, 1.54) is 0 Å². The van der Waals surface area contributed by atoms with Gasteiger partial charge in [-0.05, 0) is 13.0 Å². The Balaban J connectivity index is 1.87. The molecule has 1 N–H and O–H groups in total. The van der Waals surface area contributed by atoms with E-state index in [4.69, 9.17) is 14.2 Å². The van der Waals surface area contributed by atoms with Gasteiger partial charge in [-0.15, -0.1) is 0 Å². The molecule has 0 saturated carbocycles. The Morgan fingerprint density at radius 3 is 2.67 bits per heavy atom. The van der Waals surface area contributed by atoms with Gasteiger partial charge in [-0.1, -0.05) is 6.07 Å². The number of guanidine groups is 1. The lowest BCUT2D eigenvalue weighted by Gasteiger charge is -2.35. The summed E-state index contributed by atoms with van der Waals surface area (Å²) in [7, 11) is 3.38. The van der Waals surface area contributed by atoms with Gasteiger partial charge in [-0.25, -0.2) is 9.78 Å². The van der Waals surface area contributed by atoms with Gasteiger partial charge in [0.2, 0.25) is 5.88 Å². The van der Waals surface area contributed by atoms with E-state index in [-0.39, 0.29) is 6.09 Å². The number of hydrogen-bond acceptors (Lipinski definition) is 6. The van der Waals surface area contributed by atoms with Crippen LogP contribution in [0.4, 0.5) is 4.79 Å². The molecule has 9 heteroatoms. The summed E-state index contributed by atoms with van der Waals surface area (Å²) in [6.45, 7) is 6.32. The van der Waals surface area contributed by atoms with Crippen LogP contribution in [0.15, 0.2) is 23.3 Å². The molecule has 1 fully saturated rings. The summed E-state index contributed by atoms with van der Waals surface area (Å²) in [5.74, 6) is 1.37. The molecule has 0 atom stereocenters. The van der Waals surface area contributed by atoms with Crippen LogP contribution in [0.25, 0.3) is 0 Å². The first-order chi connectivity index (χ1) is 13.2. The number of amides is 1. The Bertz CT molecular complexity index is 618. The quantitative estimate of drug-likeness (QED) is 0.429. The number of aromatic nitrogens is 1. The topological polar surface area (TPSA) is 88.5 Å². The molecule has 2 heterocycles. The Morgan fingerprint density at radius 2 is 2.00 bits per heavy atom. The van der Waals surface area contributed by atoms with Crippen LogP contribution in [0.2, 0.25) is 0 Å². The molecule has 1 aliphatic rings. The third-order valence-corrected chi connectivity index (χ3v) is 4.13. The fourth-order valence-corrected chi connectivity index (χ4v) is 2.73. The number of carbonyl (C=O) groups excluding carboxylic acids is 1. The minimum atomic E-state index is -0.256. The highest BCUT2D eigenvalue weighted by molar-refractivity contribution is 5.80. The van der Waals surface area contributed by atoms with Crippen LogP contribution >= 0.6 is 0 Å².